The van der Waals surface area contributed by atoms with Gasteiger partial charge in [-0.25, -0.2) is 0 Å². The highest BCUT2D eigenvalue weighted by atomic mass is 15.2. The maximum Gasteiger partial charge on any atom is 0.0940 e. The molecule has 0 amide bonds. The quantitative estimate of drug-likeness (QED) is 0.828. The molecule has 0 aliphatic heterocycles. The molecule has 4 aliphatic carbocycles. The maximum atomic E-state index is 8.79. The fourth-order valence-corrected chi connectivity index (χ4v) is 5.17. The van der Waals surface area contributed by atoms with Crippen molar-refractivity contribution in [2.75, 3.05) is 13.6 Å². The van der Waals surface area contributed by atoms with Gasteiger partial charge in [-0.15, -0.1) is 0 Å². The zero-order valence-electron chi connectivity index (χ0n) is 11.4. The molecule has 4 saturated carbocycles. The number of nitrogens with two attached hydrogens (primary N) is 1. The minimum atomic E-state index is -0.290. The van der Waals surface area contributed by atoms with E-state index in [0.717, 1.165) is 30.7 Å². The first-order chi connectivity index (χ1) is 8.61. The lowest BCUT2D eigenvalue weighted by Crippen LogP contribution is -2.59. The highest BCUT2D eigenvalue weighted by molar-refractivity contribution is 5.07. The summed E-state index contributed by atoms with van der Waals surface area (Å²) in [6, 6.07) is 1.85. The lowest BCUT2D eigenvalue weighted by molar-refractivity contribution is -0.0792. The summed E-state index contributed by atoms with van der Waals surface area (Å²) in [6.45, 7) is 0.987. The van der Waals surface area contributed by atoms with E-state index in [9.17, 15) is 0 Å². The van der Waals surface area contributed by atoms with E-state index in [1.165, 1.54) is 38.5 Å². The van der Waals surface area contributed by atoms with Crippen molar-refractivity contribution in [3.63, 3.8) is 0 Å². The van der Waals surface area contributed by atoms with Crippen molar-refractivity contribution in [3.05, 3.63) is 0 Å². The van der Waals surface area contributed by atoms with E-state index in [2.05, 4.69) is 18.0 Å². The van der Waals surface area contributed by atoms with E-state index < -0.39 is 0 Å². The molecule has 2 N–H and O–H groups in total. The van der Waals surface area contributed by atoms with Crippen molar-refractivity contribution < 1.29 is 0 Å². The van der Waals surface area contributed by atoms with E-state index in [1.807, 2.05) is 0 Å². The lowest BCUT2D eigenvalue weighted by atomic mass is 9.52. The fourth-order valence-electron chi connectivity index (χ4n) is 5.17. The molecule has 0 radical (unpaired) electrons. The summed E-state index contributed by atoms with van der Waals surface area (Å²) in [5.74, 6) is 2.97. The topological polar surface area (TPSA) is 53.0 Å². The van der Waals surface area contributed by atoms with Crippen molar-refractivity contribution in [3.8, 4) is 6.07 Å². The van der Waals surface area contributed by atoms with E-state index in [1.54, 1.807) is 0 Å². The molecule has 3 heteroatoms. The van der Waals surface area contributed by atoms with E-state index in [-0.39, 0.29) is 6.04 Å². The summed E-state index contributed by atoms with van der Waals surface area (Å²) in [6.07, 6.45) is 9.49. The second-order valence-corrected chi connectivity index (χ2v) is 7.09. The molecular formula is C15H25N3. The Hall–Kier alpha value is -0.590. The SMILES string of the molecule is CN(CCC(N)C#N)C12CC3CC(CC(C3)C1)C2. The van der Waals surface area contributed by atoms with Crippen LogP contribution < -0.4 is 5.73 Å². The number of hydrogen-bond acceptors (Lipinski definition) is 3. The molecule has 0 aromatic carbocycles. The molecule has 4 fully saturated rings. The molecule has 0 aromatic heterocycles. The van der Waals surface area contributed by atoms with Crippen molar-refractivity contribution in [1.82, 2.24) is 4.90 Å². The number of nitriles is 1. The van der Waals surface area contributed by atoms with Gasteiger partial charge in [0, 0.05) is 12.1 Å². The van der Waals surface area contributed by atoms with Crippen LogP contribution in [0.5, 0.6) is 0 Å². The normalized spacial score (nSPS) is 43.1. The Balaban J connectivity index is 1.66. The Bertz CT molecular complexity index is 322. The summed E-state index contributed by atoms with van der Waals surface area (Å²) in [4.78, 5) is 2.55. The third-order valence-corrected chi connectivity index (χ3v) is 5.76. The van der Waals surface area contributed by atoms with Gasteiger partial charge >= 0.3 is 0 Å². The van der Waals surface area contributed by atoms with Gasteiger partial charge in [-0.1, -0.05) is 0 Å². The number of rotatable bonds is 4. The molecule has 4 rings (SSSR count). The molecule has 0 spiro atoms. The second kappa shape index (κ2) is 4.51. The smallest absolute Gasteiger partial charge is 0.0940 e. The van der Waals surface area contributed by atoms with Crippen molar-refractivity contribution >= 4 is 0 Å². The second-order valence-electron chi connectivity index (χ2n) is 7.09. The average Bonchev–Trinajstić information content (AvgIpc) is 2.33. The molecule has 4 aliphatic rings. The zero-order chi connectivity index (χ0) is 12.8. The molecule has 0 saturated heterocycles. The summed E-state index contributed by atoms with van der Waals surface area (Å²) in [5.41, 5.74) is 6.19. The summed E-state index contributed by atoms with van der Waals surface area (Å²) in [5, 5.41) is 8.79. The molecule has 100 valence electrons. The zero-order valence-corrected chi connectivity index (χ0v) is 11.4. The first kappa shape index (κ1) is 12.4. The minimum absolute atomic E-state index is 0.290. The van der Waals surface area contributed by atoms with Crippen LogP contribution in [0, 0.1) is 29.1 Å². The largest absolute Gasteiger partial charge is 0.316 e. The Labute approximate surface area is 110 Å². The Morgan fingerprint density at radius 1 is 1.22 bits per heavy atom. The van der Waals surface area contributed by atoms with Gasteiger partial charge < -0.3 is 10.6 Å². The average molecular weight is 247 g/mol. The van der Waals surface area contributed by atoms with E-state index in [4.69, 9.17) is 11.0 Å². The molecule has 1 unspecified atom stereocenters. The van der Waals surface area contributed by atoms with Crippen LogP contribution in [0.2, 0.25) is 0 Å². The highest BCUT2D eigenvalue weighted by Gasteiger charge is 2.52. The molecule has 0 heterocycles. The van der Waals surface area contributed by atoms with Crippen LogP contribution in [0.25, 0.3) is 0 Å². The third kappa shape index (κ3) is 2.06. The molecule has 18 heavy (non-hydrogen) atoms. The summed E-state index contributed by atoms with van der Waals surface area (Å²) >= 11 is 0. The van der Waals surface area contributed by atoms with E-state index in [0.29, 0.717) is 5.54 Å². The van der Waals surface area contributed by atoms with E-state index >= 15 is 0 Å². The van der Waals surface area contributed by atoms with Crippen LogP contribution in [0.4, 0.5) is 0 Å². The Kier molecular flexibility index (Phi) is 3.11. The van der Waals surface area contributed by atoms with Crippen molar-refractivity contribution in [2.45, 2.75) is 56.5 Å². The van der Waals surface area contributed by atoms with Crippen LogP contribution in [-0.2, 0) is 0 Å². The molecule has 0 aromatic rings. The first-order valence-corrected chi connectivity index (χ1v) is 7.48. The van der Waals surface area contributed by atoms with Crippen LogP contribution in [0.3, 0.4) is 0 Å². The Morgan fingerprint density at radius 2 is 1.72 bits per heavy atom. The molecule has 4 bridgehead atoms. The highest BCUT2D eigenvalue weighted by Crippen LogP contribution is 2.57. The van der Waals surface area contributed by atoms with Crippen LogP contribution in [0.15, 0.2) is 0 Å². The first-order valence-electron chi connectivity index (χ1n) is 7.48. The molecular weight excluding hydrogens is 222 g/mol. The number of hydrogen-bond donors (Lipinski definition) is 1. The molecule has 1 atom stereocenters. The van der Waals surface area contributed by atoms with Crippen molar-refractivity contribution in [1.29, 1.82) is 5.26 Å². The number of nitrogens with zero attached hydrogens (tertiary/aromatic N) is 2. The predicted octanol–water partition coefficient (Wildman–Crippen LogP) is 2.13. The lowest BCUT2D eigenvalue weighted by Gasteiger charge is -2.60. The van der Waals surface area contributed by atoms with Gasteiger partial charge in [0.25, 0.3) is 0 Å². The van der Waals surface area contributed by atoms with Gasteiger partial charge in [0.2, 0.25) is 0 Å². The van der Waals surface area contributed by atoms with Gasteiger partial charge in [-0.3, -0.25) is 0 Å². The van der Waals surface area contributed by atoms with Crippen molar-refractivity contribution in [2.24, 2.45) is 23.5 Å². The van der Waals surface area contributed by atoms with Gasteiger partial charge in [0.05, 0.1) is 12.1 Å². The molecule has 3 nitrogen and oxygen atoms in total. The van der Waals surface area contributed by atoms with Gasteiger partial charge in [0.1, 0.15) is 0 Å². The summed E-state index contributed by atoms with van der Waals surface area (Å²) in [7, 11) is 2.26. The summed E-state index contributed by atoms with van der Waals surface area (Å²) < 4.78 is 0. The predicted molar refractivity (Wildman–Crippen MR) is 71.7 cm³/mol. The maximum absolute atomic E-state index is 8.79. The third-order valence-electron chi connectivity index (χ3n) is 5.76. The Morgan fingerprint density at radius 3 is 2.17 bits per heavy atom. The fraction of sp³-hybridized carbons (Fsp3) is 0.933. The van der Waals surface area contributed by atoms with Crippen LogP contribution >= 0.6 is 0 Å². The van der Waals surface area contributed by atoms with Crippen LogP contribution in [0.1, 0.15) is 44.9 Å². The van der Waals surface area contributed by atoms with Gasteiger partial charge in [-0.2, -0.15) is 5.26 Å². The van der Waals surface area contributed by atoms with Gasteiger partial charge in [0.15, 0.2) is 0 Å². The van der Waals surface area contributed by atoms with Gasteiger partial charge in [-0.05, 0) is 69.7 Å². The minimum Gasteiger partial charge on any atom is -0.316 e. The monoisotopic (exact) mass is 247 g/mol. The standard InChI is InChI=1S/C15H25N3/c1-18(3-2-14(17)10-16)15-7-11-4-12(8-15)6-13(5-11)9-15/h11-14H,2-9,17H2,1H3. The van der Waals surface area contributed by atoms with Crippen LogP contribution in [-0.4, -0.2) is 30.1 Å².